The highest BCUT2D eigenvalue weighted by molar-refractivity contribution is 6.76. The van der Waals surface area contributed by atoms with Crippen molar-refractivity contribution in [1.82, 2.24) is 0 Å². The van der Waals surface area contributed by atoms with E-state index in [9.17, 15) is 14.7 Å². The van der Waals surface area contributed by atoms with Crippen LogP contribution in [0.5, 0.6) is 0 Å². The Labute approximate surface area is 245 Å². The van der Waals surface area contributed by atoms with Gasteiger partial charge in [0.1, 0.15) is 0 Å². The average Bonchev–Trinajstić information content (AvgIpc) is 2.83. The summed E-state index contributed by atoms with van der Waals surface area (Å²) in [6.07, 6.45) is 10.6. The van der Waals surface area contributed by atoms with E-state index in [1.807, 2.05) is 0 Å². The van der Waals surface area contributed by atoms with Crippen molar-refractivity contribution in [3.8, 4) is 0 Å². The topological polar surface area (TPSA) is 63.6 Å². The maximum Gasteiger partial charge on any atom is 0.311 e. The second kappa shape index (κ2) is 9.28. The molecule has 5 rings (SSSR count). The first-order valence-electron chi connectivity index (χ1n) is 16.3. The van der Waals surface area contributed by atoms with E-state index in [0.717, 1.165) is 63.8 Å². The quantitative estimate of drug-likeness (QED) is 0.273. The molecular weight excluding hydrogens is 512 g/mol. The maximum atomic E-state index is 14.5. The largest absolute Gasteiger partial charge is 0.466 e. The number of rotatable bonds is 4. The van der Waals surface area contributed by atoms with Crippen molar-refractivity contribution in [2.75, 3.05) is 6.61 Å². The maximum absolute atomic E-state index is 14.5. The van der Waals surface area contributed by atoms with Crippen LogP contribution in [-0.2, 0) is 14.3 Å². The Kier molecular flexibility index (Phi) is 7.08. The molecule has 0 amide bonds. The number of carbonyl (C=O) groups excluding carboxylic acids is 2. The summed E-state index contributed by atoms with van der Waals surface area (Å²) in [4.78, 5) is 28.0. The zero-order chi connectivity index (χ0) is 29.7. The summed E-state index contributed by atoms with van der Waals surface area (Å²) >= 11 is 0. The molecule has 0 aliphatic heterocycles. The van der Waals surface area contributed by atoms with Gasteiger partial charge in [0.25, 0.3) is 0 Å². The Morgan fingerprint density at radius 1 is 0.950 bits per heavy atom. The number of allylic oxidation sites excluding steroid dienone is 2. The summed E-state index contributed by atoms with van der Waals surface area (Å²) in [5.41, 5.74) is 0.560. The number of carbonyl (C=O) groups is 2. The molecule has 4 fully saturated rings. The van der Waals surface area contributed by atoms with Crippen molar-refractivity contribution >= 4 is 19.8 Å². The van der Waals surface area contributed by atoms with E-state index in [0.29, 0.717) is 18.3 Å². The molecule has 5 heteroatoms. The van der Waals surface area contributed by atoms with Crippen LogP contribution in [0.4, 0.5) is 0 Å². The number of aliphatic hydroxyl groups excluding tert-OH is 1. The van der Waals surface area contributed by atoms with Crippen molar-refractivity contribution < 1.29 is 19.4 Å². The third-order valence-corrected chi connectivity index (χ3v) is 15.8. The SMILES string of the molecule is CC1(C(=O)OCC[Si](C)(C)C)CCC2(C)CCC3(C)C(=CC(=O)C4C5(C)CCC(O)C(C)(C)C5CCC43C)C2C1. The van der Waals surface area contributed by atoms with Gasteiger partial charge >= 0.3 is 5.97 Å². The number of aliphatic hydroxyl groups is 1. The smallest absolute Gasteiger partial charge is 0.311 e. The van der Waals surface area contributed by atoms with Crippen LogP contribution in [-0.4, -0.2) is 37.6 Å². The van der Waals surface area contributed by atoms with Crippen LogP contribution in [0.25, 0.3) is 0 Å². The molecule has 0 heterocycles. The van der Waals surface area contributed by atoms with Crippen LogP contribution in [0.2, 0.25) is 25.7 Å². The molecule has 0 bridgehead atoms. The van der Waals surface area contributed by atoms with Crippen molar-refractivity contribution in [3.05, 3.63) is 11.6 Å². The third kappa shape index (κ3) is 4.28. The molecule has 0 radical (unpaired) electrons. The average molecular weight is 571 g/mol. The van der Waals surface area contributed by atoms with Crippen LogP contribution >= 0.6 is 0 Å². The predicted octanol–water partition coefficient (Wildman–Crippen LogP) is 8.21. The van der Waals surface area contributed by atoms with E-state index in [2.05, 4.69) is 74.2 Å². The standard InChI is InChI=1S/C35H58O4Si/c1-30(2)26-11-14-35(7)28(33(26,5)13-12-27(30)37)25(36)21-23-24-22-32(4,29(38)39-19-20-40(8,9)10)16-15-31(24,3)17-18-34(23,35)6/h21,24,26-28,37H,11-20,22H2,1-10H3. The zero-order valence-electron chi connectivity index (χ0n) is 27.3. The van der Waals surface area contributed by atoms with Gasteiger partial charge in [-0.15, -0.1) is 0 Å². The molecule has 9 unspecified atom stereocenters. The van der Waals surface area contributed by atoms with Gasteiger partial charge in [0.2, 0.25) is 0 Å². The zero-order valence-corrected chi connectivity index (χ0v) is 28.3. The second-order valence-electron chi connectivity index (χ2n) is 18.1. The molecule has 0 aromatic heterocycles. The molecule has 0 aromatic carbocycles. The van der Waals surface area contributed by atoms with Gasteiger partial charge in [-0.1, -0.05) is 66.8 Å². The summed E-state index contributed by atoms with van der Waals surface area (Å²) in [5.74, 6) is 0.880. The molecule has 40 heavy (non-hydrogen) atoms. The van der Waals surface area contributed by atoms with Crippen molar-refractivity contribution in [3.63, 3.8) is 0 Å². The molecule has 1 N–H and O–H groups in total. The van der Waals surface area contributed by atoms with Crippen LogP contribution < -0.4 is 0 Å². The lowest BCUT2D eigenvalue weighted by atomic mass is 9.33. The Hall–Kier alpha value is -0.943. The van der Waals surface area contributed by atoms with Gasteiger partial charge in [-0.2, -0.15) is 0 Å². The van der Waals surface area contributed by atoms with E-state index >= 15 is 0 Å². The van der Waals surface area contributed by atoms with Gasteiger partial charge in [-0.25, -0.2) is 0 Å². The Balaban J connectivity index is 1.49. The highest BCUT2D eigenvalue weighted by Gasteiger charge is 2.70. The molecule has 0 aromatic rings. The number of ether oxygens (including phenoxy) is 1. The van der Waals surface area contributed by atoms with E-state index < -0.39 is 13.5 Å². The van der Waals surface area contributed by atoms with E-state index in [-0.39, 0.29) is 51.0 Å². The Morgan fingerprint density at radius 2 is 1.60 bits per heavy atom. The summed E-state index contributed by atoms with van der Waals surface area (Å²) in [5, 5.41) is 11.0. The van der Waals surface area contributed by atoms with E-state index in [1.54, 1.807) is 0 Å². The van der Waals surface area contributed by atoms with E-state index in [1.165, 1.54) is 5.57 Å². The summed E-state index contributed by atoms with van der Waals surface area (Å²) in [6, 6.07) is 1.00. The first-order chi connectivity index (χ1) is 18.2. The van der Waals surface area contributed by atoms with Crippen LogP contribution in [0, 0.1) is 50.2 Å². The Bertz CT molecular complexity index is 1100. The van der Waals surface area contributed by atoms with Gasteiger partial charge in [0.15, 0.2) is 5.78 Å². The van der Waals surface area contributed by atoms with Gasteiger partial charge < -0.3 is 9.84 Å². The molecular formula is C35H58O4Si. The summed E-state index contributed by atoms with van der Waals surface area (Å²) < 4.78 is 5.95. The first-order valence-corrected chi connectivity index (χ1v) is 20.1. The Morgan fingerprint density at radius 3 is 2.25 bits per heavy atom. The number of hydrogen-bond acceptors (Lipinski definition) is 4. The van der Waals surface area contributed by atoms with Crippen LogP contribution in [0.1, 0.15) is 106 Å². The van der Waals surface area contributed by atoms with Crippen molar-refractivity contribution in [1.29, 1.82) is 0 Å². The van der Waals surface area contributed by atoms with Gasteiger partial charge in [0.05, 0.1) is 18.1 Å². The minimum Gasteiger partial charge on any atom is -0.466 e. The lowest BCUT2D eigenvalue weighted by molar-refractivity contribution is -0.202. The van der Waals surface area contributed by atoms with Crippen molar-refractivity contribution in [2.24, 2.45) is 50.2 Å². The fraction of sp³-hybridized carbons (Fsp3) is 0.886. The molecule has 4 nitrogen and oxygen atoms in total. The minimum atomic E-state index is -1.27. The third-order valence-electron chi connectivity index (χ3n) is 14.1. The molecule has 226 valence electrons. The molecule has 5 aliphatic rings. The molecule has 0 saturated heterocycles. The molecule has 9 atom stereocenters. The lowest BCUT2D eigenvalue weighted by Crippen LogP contribution is -2.66. The normalized spacial score (nSPS) is 48.2. The van der Waals surface area contributed by atoms with E-state index in [4.69, 9.17) is 4.74 Å². The molecule has 4 saturated carbocycles. The number of hydrogen-bond donors (Lipinski definition) is 1. The number of ketones is 1. The summed E-state index contributed by atoms with van der Waals surface area (Å²) in [7, 11) is -1.27. The van der Waals surface area contributed by atoms with Gasteiger partial charge in [-0.3, -0.25) is 9.59 Å². The number of fused-ring (bicyclic) bond motifs is 7. The molecule has 0 spiro atoms. The monoisotopic (exact) mass is 570 g/mol. The first kappa shape index (κ1) is 30.5. The van der Waals surface area contributed by atoms with Crippen LogP contribution in [0.3, 0.4) is 0 Å². The summed E-state index contributed by atoms with van der Waals surface area (Å²) in [6.45, 7) is 23.8. The second-order valence-corrected chi connectivity index (χ2v) is 23.7. The van der Waals surface area contributed by atoms with Crippen LogP contribution in [0.15, 0.2) is 11.6 Å². The fourth-order valence-corrected chi connectivity index (χ4v) is 11.7. The minimum absolute atomic E-state index is 0.00913. The van der Waals surface area contributed by atoms with Crippen molar-refractivity contribution in [2.45, 2.75) is 138 Å². The molecule has 5 aliphatic carbocycles. The lowest BCUT2D eigenvalue weighted by Gasteiger charge is -2.70. The highest BCUT2D eigenvalue weighted by atomic mass is 28.3. The fourth-order valence-electron chi connectivity index (χ4n) is 11.0. The highest BCUT2D eigenvalue weighted by Crippen LogP contribution is 2.75. The van der Waals surface area contributed by atoms with Gasteiger partial charge in [-0.05, 0) is 116 Å². The predicted molar refractivity (Wildman–Crippen MR) is 165 cm³/mol. The van der Waals surface area contributed by atoms with Gasteiger partial charge in [0, 0.05) is 14.0 Å². The number of esters is 1.